The van der Waals surface area contributed by atoms with E-state index in [4.69, 9.17) is 0 Å². The highest BCUT2D eigenvalue weighted by Crippen LogP contribution is 2.24. The van der Waals surface area contributed by atoms with Crippen molar-refractivity contribution < 1.29 is 8.42 Å². The minimum atomic E-state index is -3.41. The van der Waals surface area contributed by atoms with E-state index in [1.165, 1.54) is 0 Å². The van der Waals surface area contributed by atoms with E-state index in [0.29, 0.717) is 18.0 Å². The van der Waals surface area contributed by atoms with Crippen molar-refractivity contribution in [3.05, 3.63) is 28.2 Å². The van der Waals surface area contributed by atoms with Crippen LogP contribution in [0.4, 0.5) is 0 Å². The molecule has 0 bridgehead atoms. The first-order chi connectivity index (χ1) is 8.82. The molecule has 0 amide bonds. The van der Waals surface area contributed by atoms with Crippen molar-refractivity contribution in [1.29, 1.82) is 0 Å². The lowest BCUT2D eigenvalue weighted by atomic mass is 10.2. The van der Waals surface area contributed by atoms with E-state index < -0.39 is 10.0 Å². The number of rotatable bonds is 2. The number of sulfonamides is 1. The minimum Gasteiger partial charge on any atom is -0.311 e. The van der Waals surface area contributed by atoms with Crippen LogP contribution in [0.15, 0.2) is 27.6 Å². The van der Waals surface area contributed by atoms with Crippen LogP contribution in [0.2, 0.25) is 0 Å². The van der Waals surface area contributed by atoms with Crippen LogP contribution in [0.3, 0.4) is 0 Å². The highest BCUT2D eigenvalue weighted by atomic mass is 79.9. The number of piperazine rings is 1. The Hall–Kier alpha value is -0.430. The van der Waals surface area contributed by atoms with Crippen LogP contribution in [-0.2, 0) is 10.0 Å². The van der Waals surface area contributed by atoms with Crippen molar-refractivity contribution in [2.75, 3.05) is 13.1 Å². The summed E-state index contributed by atoms with van der Waals surface area (Å²) in [4.78, 5) is 0.370. The van der Waals surface area contributed by atoms with Gasteiger partial charge in [-0.2, -0.15) is 4.31 Å². The predicted octanol–water partition coefficient (Wildman–Crippen LogP) is 2.13. The Labute approximate surface area is 123 Å². The summed E-state index contributed by atoms with van der Waals surface area (Å²) in [6, 6.07) is 5.33. The fourth-order valence-corrected chi connectivity index (χ4v) is 4.29. The van der Waals surface area contributed by atoms with Gasteiger partial charge >= 0.3 is 0 Å². The van der Waals surface area contributed by atoms with Gasteiger partial charge in [-0.15, -0.1) is 0 Å². The van der Waals surface area contributed by atoms with Crippen LogP contribution in [-0.4, -0.2) is 37.9 Å². The number of hydrogen-bond acceptors (Lipinski definition) is 3. The molecule has 0 aliphatic carbocycles. The normalized spacial score (nSPS) is 25.5. The standard InChI is InChI=1S/C13H19BrN2O2S/c1-9-6-12(4-5-13(9)14)19(17,18)16-8-10(2)15-7-11(16)3/h4-6,10-11,15H,7-8H2,1-3H3. The molecule has 1 fully saturated rings. The molecule has 2 unspecified atom stereocenters. The van der Waals surface area contributed by atoms with Crippen molar-refractivity contribution in [3.63, 3.8) is 0 Å². The Bertz CT molecular complexity index is 574. The maximum atomic E-state index is 12.7. The van der Waals surface area contributed by atoms with Crippen LogP contribution < -0.4 is 5.32 Å². The van der Waals surface area contributed by atoms with Gasteiger partial charge in [-0.1, -0.05) is 15.9 Å². The van der Waals surface area contributed by atoms with Crippen LogP contribution in [0.25, 0.3) is 0 Å². The van der Waals surface area contributed by atoms with E-state index >= 15 is 0 Å². The molecule has 1 aliphatic rings. The lowest BCUT2D eigenvalue weighted by Gasteiger charge is -2.36. The molecule has 0 radical (unpaired) electrons. The Morgan fingerprint density at radius 2 is 2.05 bits per heavy atom. The molecular formula is C13H19BrN2O2S. The van der Waals surface area contributed by atoms with Crippen LogP contribution in [0.1, 0.15) is 19.4 Å². The third kappa shape index (κ3) is 3.02. The molecule has 1 aromatic rings. The molecule has 19 heavy (non-hydrogen) atoms. The summed E-state index contributed by atoms with van der Waals surface area (Å²) in [5, 5.41) is 3.29. The van der Waals surface area contributed by atoms with E-state index in [1.807, 2.05) is 20.8 Å². The maximum absolute atomic E-state index is 12.7. The molecular weight excluding hydrogens is 328 g/mol. The molecule has 1 N–H and O–H groups in total. The molecule has 0 aromatic heterocycles. The van der Waals surface area contributed by atoms with Crippen molar-refractivity contribution in [3.8, 4) is 0 Å². The van der Waals surface area contributed by atoms with Crippen LogP contribution in [0, 0.1) is 6.92 Å². The minimum absolute atomic E-state index is 0.0230. The van der Waals surface area contributed by atoms with Gasteiger partial charge in [0, 0.05) is 29.6 Å². The first kappa shape index (κ1) is 15.0. The van der Waals surface area contributed by atoms with E-state index in [9.17, 15) is 8.42 Å². The Morgan fingerprint density at radius 3 is 2.68 bits per heavy atom. The molecule has 4 nitrogen and oxygen atoms in total. The first-order valence-electron chi connectivity index (χ1n) is 6.33. The van der Waals surface area contributed by atoms with Crippen molar-refractivity contribution in [2.45, 2.75) is 37.8 Å². The Kier molecular flexibility index (Phi) is 4.35. The van der Waals surface area contributed by atoms with Gasteiger partial charge in [0.15, 0.2) is 0 Å². The third-order valence-corrected chi connectivity index (χ3v) is 6.31. The second-order valence-electron chi connectivity index (χ2n) is 5.14. The lowest BCUT2D eigenvalue weighted by Crippen LogP contribution is -2.56. The van der Waals surface area contributed by atoms with Gasteiger partial charge in [0.25, 0.3) is 0 Å². The van der Waals surface area contributed by atoms with E-state index in [-0.39, 0.29) is 12.1 Å². The van der Waals surface area contributed by atoms with Crippen molar-refractivity contribution >= 4 is 26.0 Å². The van der Waals surface area contributed by atoms with E-state index in [1.54, 1.807) is 22.5 Å². The van der Waals surface area contributed by atoms with Crippen molar-refractivity contribution in [1.82, 2.24) is 9.62 Å². The summed E-state index contributed by atoms with van der Waals surface area (Å²) in [6.07, 6.45) is 0. The smallest absolute Gasteiger partial charge is 0.243 e. The molecule has 106 valence electrons. The predicted molar refractivity (Wildman–Crippen MR) is 79.7 cm³/mol. The van der Waals surface area contributed by atoms with Gasteiger partial charge in [0.1, 0.15) is 0 Å². The number of nitrogens with one attached hydrogen (secondary N) is 1. The summed E-state index contributed by atoms with van der Waals surface area (Å²) in [5.41, 5.74) is 0.928. The quantitative estimate of drug-likeness (QED) is 0.892. The van der Waals surface area contributed by atoms with Gasteiger partial charge in [-0.05, 0) is 44.5 Å². The molecule has 0 spiro atoms. The van der Waals surface area contributed by atoms with E-state index in [0.717, 1.165) is 10.0 Å². The molecule has 2 atom stereocenters. The number of hydrogen-bond donors (Lipinski definition) is 1. The number of aryl methyl sites for hydroxylation is 1. The SMILES string of the molecule is Cc1cc(S(=O)(=O)N2CC(C)NCC2C)ccc1Br. The molecule has 2 rings (SSSR count). The van der Waals surface area contributed by atoms with E-state index in [2.05, 4.69) is 21.2 Å². The number of halogens is 1. The topological polar surface area (TPSA) is 49.4 Å². The average molecular weight is 347 g/mol. The van der Waals surface area contributed by atoms with Crippen LogP contribution >= 0.6 is 15.9 Å². The largest absolute Gasteiger partial charge is 0.311 e. The molecule has 1 heterocycles. The van der Waals surface area contributed by atoms with Crippen LogP contribution in [0.5, 0.6) is 0 Å². The highest BCUT2D eigenvalue weighted by Gasteiger charge is 2.33. The second kappa shape index (κ2) is 5.52. The Morgan fingerprint density at radius 1 is 1.37 bits per heavy atom. The van der Waals surface area contributed by atoms with Gasteiger partial charge in [-0.3, -0.25) is 0 Å². The van der Waals surface area contributed by atoms with Gasteiger partial charge in [-0.25, -0.2) is 8.42 Å². The molecule has 0 saturated carbocycles. The van der Waals surface area contributed by atoms with Gasteiger partial charge in [0.05, 0.1) is 4.90 Å². The first-order valence-corrected chi connectivity index (χ1v) is 8.57. The zero-order valence-corrected chi connectivity index (χ0v) is 13.8. The third-order valence-electron chi connectivity index (χ3n) is 3.44. The summed E-state index contributed by atoms with van der Waals surface area (Å²) < 4.78 is 27.9. The van der Waals surface area contributed by atoms with Gasteiger partial charge in [0.2, 0.25) is 10.0 Å². The molecule has 1 aromatic carbocycles. The zero-order chi connectivity index (χ0) is 14.2. The fraction of sp³-hybridized carbons (Fsp3) is 0.538. The summed E-state index contributed by atoms with van der Waals surface area (Å²) >= 11 is 3.40. The number of nitrogens with zero attached hydrogens (tertiary/aromatic N) is 1. The average Bonchev–Trinajstić information content (AvgIpc) is 2.35. The number of benzene rings is 1. The summed E-state index contributed by atoms with van der Waals surface area (Å²) in [6.45, 7) is 7.03. The zero-order valence-electron chi connectivity index (χ0n) is 11.4. The van der Waals surface area contributed by atoms with Crippen molar-refractivity contribution in [2.24, 2.45) is 0 Å². The molecule has 1 saturated heterocycles. The molecule has 1 aliphatic heterocycles. The maximum Gasteiger partial charge on any atom is 0.243 e. The second-order valence-corrected chi connectivity index (χ2v) is 7.89. The van der Waals surface area contributed by atoms with Gasteiger partial charge < -0.3 is 5.32 Å². The lowest BCUT2D eigenvalue weighted by molar-refractivity contribution is 0.244. The summed E-state index contributed by atoms with van der Waals surface area (Å²) in [7, 11) is -3.41. The fourth-order valence-electron chi connectivity index (χ4n) is 2.24. The monoisotopic (exact) mass is 346 g/mol. The highest BCUT2D eigenvalue weighted by molar-refractivity contribution is 9.10. The molecule has 6 heteroatoms. The Balaban J connectivity index is 2.38. The summed E-state index contributed by atoms with van der Waals surface area (Å²) in [5.74, 6) is 0.